The topological polar surface area (TPSA) is 38.7 Å². The van der Waals surface area contributed by atoms with Gasteiger partial charge in [-0.1, -0.05) is 52.0 Å². The maximum absolute atomic E-state index is 11.6. The Kier molecular flexibility index (Phi) is 3.56. The van der Waals surface area contributed by atoms with Crippen LogP contribution in [0.5, 0.6) is 0 Å². The van der Waals surface area contributed by atoms with Crippen LogP contribution in [-0.4, -0.2) is 11.9 Å². The molecule has 3 heteroatoms. The molecule has 0 amide bonds. The fourth-order valence-corrected chi connectivity index (χ4v) is 1.84. The normalized spacial score (nSPS) is 17.6. The van der Waals surface area contributed by atoms with Crippen molar-refractivity contribution in [3.63, 3.8) is 0 Å². The standard InChI is InChI=1S/C16H19NO2/c1-5-14-17-13(15(18)19-14)10-11-6-8-12(9-7-11)16(2,3)4/h6-10H,5H2,1-4H3/b13-10+. The summed E-state index contributed by atoms with van der Waals surface area (Å²) >= 11 is 0. The Labute approximate surface area is 114 Å². The highest BCUT2D eigenvalue weighted by Crippen LogP contribution is 2.23. The van der Waals surface area contributed by atoms with E-state index in [-0.39, 0.29) is 11.4 Å². The Balaban J connectivity index is 2.25. The monoisotopic (exact) mass is 257 g/mol. The molecule has 0 saturated heterocycles. The van der Waals surface area contributed by atoms with E-state index in [9.17, 15) is 4.79 Å². The molecule has 0 saturated carbocycles. The highest BCUT2D eigenvalue weighted by molar-refractivity contribution is 6.07. The molecule has 0 atom stereocenters. The number of rotatable bonds is 2. The number of nitrogens with zero attached hydrogens (tertiary/aromatic N) is 1. The SMILES string of the molecule is CCC1=N/C(=C/c2ccc(C(C)(C)C)cc2)C(=O)O1. The Hall–Kier alpha value is -1.90. The van der Waals surface area contributed by atoms with E-state index in [0.29, 0.717) is 18.0 Å². The first-order valence-corrected chi connectivity index (χ1v) is 6.52. The van der Waals surface area contributed by atoms with Gasteiger partial charge in [0.25, 0.3) is 0 Å². The van der Waals surface area contributed by atoms with Crippen LogP contribution in [0.2, 0.25) is 0 Å². The summed E-state index contributed by atoms with van der Waals surface area (Å²) in [6.07, 6.45) is 2.39. The number of cyclic esters (lactones) is 1. The van der Waals surface area contributed by atoms with Crippen LogP contribution in [0.1, 0.15) is 45.2 Å². The molecular weight excluding hydrogens is 238 g/mol. The first kappa shape index (κ1) is 13.5. The molecule has 1 aromatic carbocycles. The molecule has 0 N–H and O–H groups in total. The van der Waals surface area contributed by atoms with Crippen LogP contribution < -0.4 is 0 Å². The second-order valence-corrected chi connectivity index (χ2v) is 5.65. The van der Waals surface area contributed by atoms with Gasteiger partial charge >= 0.3 is 5.97 Å². The lowest BCUT2D eigenvalue weighted by atomic mass is 9.87. The average Bonchev–Trinajstić information content (AvgIpc) is 2.70. The predicted molar refractivity (Wildman–Crippen MR) is 76.9 cm³/mol. The summed E-state index contributed by atoms with van der Waals surface area (Å²) in [7, 11) is 0. The zero-order chi connectivity index (χ0) is 14.0. The van der Waals surface area contributed by atoms with Gasteiger partial charge in [-0.15, -0.1) is 0 Å². The zero-order valence-corrected chi connectivity index (χ0v) is 11.9. The van der Waals surface area contributed by atoms with Gasteiger partial charge in [0.05, 0.1) is 0 Å². The fourth-order valence-electron chi connectivity index (χ4n) is 1.84. The zero-order valence-electron chi connectivity index (χ0n) is 11.9. The van der Waals surface area contributed by atoms with Gasteiger partial charge in [-0.3, -0.25) is 0 Å². The van der Waals surface area contributed by atoms with Crippen LogP contribution in [0.25, 0.3) is 6.08 Å². The molecule has 0 radical (unpaired) electrons. The second kappa shape index (κ2) is 5.00. The minimum Gasteiger partial charge on any atom is -0.407 e. The van der Waals surface area contributed by atoms with E-state index < -0.39 is 0 Å². The number of esters is 1. The number of hydrogen-bond donors (Lipinski definition) is 0. The van der Waals surface area contributed by atoms with Crippen LogP contribution in [0.15, 0.2) is 35.0 Å². The van der Waals surface area contributed by atoms with Crippen molar-refractivity contribution < 1.29 is 9.53 Å². The predicted octanol–water partition coefficient (Wildman–Crippen LogP) is 3.69. The minimum atomic E-state index is -0.364. The van der Waals surface area contributed by atoms with Crippen molar-refractivity contribution in [3.05, 3.63) is 41.1 Å². The van der Waals surface area contributed by atoms with Gasteiger partial charge in [0.2, 0.25) is 0 Å². The van der Waals surface area contributed by atoms with E-state index in [0.717, 1.165) is 5.56 Å². The summed E-state index contributed by atoms with van der Waals surface area (Å²) in [6.45, 7) is 8.43. The third-order valence-electron chi connectivity index (χ3n) is 3.05. The van der Waals surface area contributed by atoms with Crippen LogP contribution >= 0.6 is 0 Å². The Bertz CT molecular complexity index is 545. The third kappa shape index (κ3) is 3.11. The van der Waals surface area contributed by atoms with Gasteiger partial charge in [-0.2, -0.15) is 0 Å². The van der Waals surface area contributed by atoms with Gasteiger partial charge in [0.15, 0.2) is 11.6 Å². The summed E-state index contributed by atoms with van der Waals surface area (Å²) in [5.74, 6) is 0.124. The summed E-state index contributed by atoms with van der Waals surface area (Å²) in [4.78, 5) is 15.7. The van der Waals surface area contributed by atoms with Gasteiger partial charge in [0.1, 0.15) is 0 Å². The van der Waals surface area contributed by atoms with Crippen LogP contribution in [0.3, 0.4) is 0 Å². The van der Waals surface area contributed by atoms with Crippen LogP contribution in [-0.2, 0) is 14.9 Å². The Morgan fingerprint density at radius 3 is 2.32 bits per heavy atom. The molecule has 19 heavy (non-hydrogen) atoms. The van der Waals surface area contributed by atoms with E-state index in [1.807, 2.05) is 19.1 Å². The van der Waals surface area contributed by atoms with E-state index in [2.05, 4.69) is 37.9 Å². The summed E-state index contributed by atoms with van der Waals surface area (Å²) in [5, 5.41) is 0. The molecule has 0 unspecified atom stereocenters. The lowest BCUT2D eigenvalue weighted by Gasteiger charge is -2.18. The average molecular weight is 257 g/mol. The number of ether oxygens (including phenoxy) is 1. The number of hydrogen-bond acceptors (Lipinski definition) is 3. The highest BCUT2D eigenvalue weighted by Gasteiger charge is 2.21. The maximum atomic E-state index is 11.6. The molecule has 1 aliphatic heterocycles. The molecule has 0 fully saturated rings. The van der Waals surface area contributed by atoms with E-state index >= 15 is 0 Å². The van der Waals surface area contributed by atoms with E-state index in [4.69, 9.17) is 4.74 Å². The summed E-state index contributed by atoms with van der Waals surface area (Å²) in [5.41, 5.74) is 2.73. The molecule has 100 valence electrons. The second-order valence-electron chi connectivity index (χ2n) is 5.65. The van der Waals surface area contributed by atoms with E-state index in [1.54, 1.807) is 6.08 Å². The lowest BCUT2D eigenvalue weighted by Crippen LogP contribution is -2.10. The van der Waals surface area contributed by atoms with Crippen LogP contribution in [0, 0.1) is 0 Å². The number of carbonyl (C=O) groups is 1. The van der Waals surface area contributed by atoms with E-state index in [1.165, 1.54) is 5.56 Å². The molecule has 0 aromatic heterocycles. The number of benzene rings is 1. The highest BCUT2D eigenvalue weighted by atomic mass is 16.6. The van der Waals surface area contributed by atoms with Gasteiger partial charge in [0, 0.05) is 6.42 Å². The molecule has 1 aromatic rings. The lowest BCUT2D eigenvalue weighted by molar-refractivity contribution is -0.130. The van der Waals surface area contributed by atoms with Crippen LogP contribution in [0.4, 0.5) is 0 Å². The van der Waals surface area contributed by atoms with Gasteiger partial charge in [-0.05, 0) is 22.6 Å². The van der Waals surface area contributed by atoms with Gasteiger partial charge in [-0.25, -0.2) is 9.79 Å². The fraction of sp³-hybridized carbons (Fsp3) is 0.375. The first-order chi connectivity index (χ1) is 8.90. The molecule has 0 bridgehead atoms. The number of aliphatic imine (C=N–C) groups is 1. The summed E-state index contributed by atoms with van der Waals surface area (Å²) < 4.78 is 5.02. The van der Waals surface area contributed by atoms with Gasteiger partial charge < -0.3 is 4.74 Å². The first-order valence-electron chi connectivity index (χ1n) is 6.52. The molecular formula is C16H19NO2. The number of carbonyl (C=O) groups excluding carboxylic acids is 1. The van der Waals surface area contributed by atoms with Crippen molar-refractivity contribution in [1.82, 2.24) is 0 Å². The Morgan fingerprint density at radius 2 is 1.84 bits per heavy atom. The maximum Gasteiger partial charge on any atom is 0.363 e. The molecule has 0 aliphatic carbocycles. The quantitative estimate of drug-likeness (QED) is 0.598. The van der Waals surface area contributed by atoms with Crippen molar-refractivity contribution in [3.8, 4) is 0 Å². The van der Waals surface area contributed by atoms with Crippen molar-refractivity contribution in [2.24, 2.45) is 4.99 Å². The Morgan fingerprint density at radius 1 is 1.21 bits per heavy atom. The van der Waals surface area contributed by atoms with Crippen molar-refractivity contribution in [1.29, 1.82) is 0 Å². The summed E-state index contributed by atoms with van der Waals surface area (Å²) in [6, 6.07) is 8.16. The molecule has 0 spiro atoms. The largest absolute Gasteiger partial charge is 0.407 e. The molecule has 1 heterocycles. The molecule has 3 nitrogen and oxygen atoms in total. The van der Waals surface area contributed by atoms with Crippen molar-refractivity contribution in [2.45, 2.75) is 39.5 Å². The smallest absolute Gasteiger partial charge is 0.363 e. The van der Waals surface area contributed by atoms with Crippen molar-refractivity contribution >= 4 is 17.9 Å². The van der Waals surface area contributed by atoms with Crippen molar-refractivity contribution in [2.75, 3.05) is 0 Å². The molecule has 2 rings (SSSR count). The third-order valence-corrected chi connectivity index (χ3v) is 3.05. The molecule has 1 aliphatic rings. The minimum absolute atomic E-state index is 0.130.